The molecule has 9 heteroatoms. The van der Waals surface area contributed by atoms with Crippen LogP contribution in [0.4, 0.5) is 5.13 Å². The maximum absolute atomic E-state index is 13.2. The summed E-state index contributed by atoms with van der Waals surface area (Å²) in [5.74, 6) is 2.20. The Morgan fingerprint density at radius 1 is 1.16 bits per heavy atom. The summed E-state index contributed by atoms with van der Waals surface area (Å²) in [7, 11) is 3.20. The van der Waals surface area contributed by atoms with Crippen molar-refractivity contribution in [3.8, 4) is 11.5 Å². The Hall–Kier alpha value is -2.68. The summed E-state index contributed by atoms with van der Waals surface area (Å²) in [4.78, 5) is 20.5. The molecule has 0 aliphatic heterocycles. The van der Waals surface area contributed by atoms with Gasteiger partial charge >= 0.3 is 0 Å². The number of aromatic nitrogens is 1. The average molecular weight is 475 g/mol. The van der Waals surface area contributed by atoms with Crippen LogP contribution < -0.4 is 14.4 Å². The topological polar surface area (TPSA) is 64.8 Å². The first-order valence-electron chi connectivity index (χ1n) is 9.31. The number of nitrogens with zero attached hydrogens (tertiary/aromatic N) is 2. The Bertz CT molecular complexity index is 1180. The molecule has 0 saturated heterocycles. The van der Waals surface area contributed by atoms with Crippen molar-refractivity contribution in [3.63, 3.8) is 0 Å². The summed E-state index contributed by atoms with van der Waals surface area (Å²) in [5, 5.41) is 1.11. The number of fused-ring (bicyclic) bond motifs is 1. The van der Waals surface area contributed by atoms with Crippen LogP contribution in [0.2, 0.25) is 5.02 Å². The number of carbonyl (C=O) groups excluding carboxylic acids is 1. The lowest BCUT2D eigenvalue weighted by Gasteiger charge is -2.18. The highest BCUT2D eigenvalue weighted by Crippen LogP contribution is 2.39. The summed E-state index contributed by atoms with van der Waals surface area (Å²) in [6, 6.07) is 14.8. The van der Waals surface area contributed by atoms with Crippen LogP contribution in [-0.2, 0) is 11.3 Å². The van der Waals surface area contributed by atoms with Crippen molar-refractivity contribution in [2.24, 2.45) is 0 Å². The molecule has 4 rings (SSSR count). The molecule has 31 heavy (non-hydrogen) atoms. The number of thiazole rings is 1. The second-order valence-corrected chi connectivity index (χ2v) is 8.88. The fraction of sp³-hybridized carbons (Fsp3) is 0.182. The number of benzene rings is 2. The smallest absolute Gasteiger partial charge is 0.239 e. The Balaban J connectivity index is 1.61. The molecule has 0 atom stereocenters. The molecule has 2 aromatic carbocycles. The molecule has 0 fully saturated rings. The van der Waals surface area contributed by atoms with E-state index in [-0.39, 0.29) is 18.2 Å². The van der Waals surface area contributed by atoms with Gasteiger partial charge in [0, 0.05) is 4.90 Å². The molecule has 0 aliphatic rings. The molecular weight excluding hydrogens is 456 g/mol. The van der Waals surface area contributed by atoms with E-state index in [1.807, 2.05) is 30.3 Å². The number of halogens is 1. The number of anilines is 1. The molecule has 1 amide bonds. The summed E-state index contributed by atoms with van der Waals surface area (Å²) >= 11 is 9.17. The first kappa shape index (κ1) is 21.5. The largest absolute Gasteiger partial charge is 0.497 e. The fourth-order valence-electron chi connectivity index (χ4n) is 2.94. The molecule has 0 radical (unpaired) electrons. The van der Waals surface area contributed by atoms with E-state index in [9.17, 15) is 4.79 Å². The third-order valence-corrected chi connectivity index (χ3v) is 7.05. The van der Waals surface area contributed by atoms with Crippen LogP contribution in [0.15, 0.2) is 64.1 Å². The summed E-state index contributed by atoms with van der Waals surface area (Å²) in [5.41, 5.74) is 0.634. The quantitative estimate of drug-likeness (QED) is 0.297. The van der Waals surface area contributed by atoms with Crippen LogP contribution in [0.1, 0.15) is 5.76 Å². The average Bonchev–Trinajstić information content (AvgIpc) is 3.47. The van der Waals surface area contributed by atoms with Gasteiger partial charge in [0.15, 0.2) is 5.13 Å². The summed E-state index contributed by atoms with van der Waals surface area (Å²) in [6.45, 7) is 0.273. The van der Waals surface area contributed by atoms with E-state index in [1.165, 1.54) is 23.1 Å². The number of ether oxygens (including phenoxy) is 2. The predicted molar refractivity (Wildman–Crippen MR) is 125 cm³/mol. The van der Waals surface area contributed by atoms with Gasteiger partial charge in [-0.05, 0) is 48.5 Å². The van der Waals surface area contributed by atoms with Gasteiger partial charge in [0.1, 0.15) is 22.8 Å². The summed E-state index contributed by atoms with van der Waals surface area (Å²) in [6.07, 6.45) is 1.59. The second kappa shape index (κ2) is 9.64. The molecule has 160 valence electrons. The number of carbonyl (C=O) groups is 1. The highest BCUT2D eigenvalue weighted by molar-refractivity contribution is 8.00. The Labute approximate surface area is 192 Å². The van der Waals surface area contributed by atoms with Crippen LogP contribution in [0.5, 0.6) is 11.5 Å². The third kappa shape index (κ3) is 4.81. The zero-order valence-corrected chi connectivity index (χ0v) is 19.2. The standard InChI is InChI=1S/C22H19ClN2O4S2/c1-27-14-5-7-16(8-6-14)30-13-19(26)25(12-15-4-3-11-29-15)22-24-20-18(28-2)10-9-17(23)21(20)31-22/h3-11H,12-13H2,1-2H3. The van der Waals surface area contributed by atoms with Gasteiger partial charge in [0.2, 0.25) is 5.91 Å². The first-order valence-corrected chi connectivity index (χ1v) is 11.5. The van der Waals surface area contributed by atoms with Crippen molar-refractivity contribution in [2.75, 3.05) is 24.9 Å². The maximum Gasteiger partial charge on any atom is 0.239 e. The van der Waals surface area contributed by atoms with E-state index in [4.69, 9.17) is 25.5 Å². The molecule has 0 N–H and O–H groups in total. The highest BCUT2D eigenvalue weighted by Gasteiger charge is 2.23. The minimum Gasteiger partial charge on any atom is -0.497 e. The second-order valence-electron chi connectivity index (χ2n) is 6.45. The van der Waals surface area contributed by atoms with Gasteiger partial charge in [0.25, 0.3) is 0 Å². The van der Waals surface area contributed by atoms with E-state index in [0.717, 1.165) is 15.3 Å². The SMILES string of the molecule is COc1ccc(SCC(=O)N(Cc2ccco2)c2nc3c(OC)ccc(Cl)c3s2)cc1. The van der Waals surface area contributed by atoms with Gasteiger partial charge in [-0.15, -0.1) is 11.8 Å². The van der Waals surface area contributed by atoms with Crippen molar-refractivity contribution < 1.29 is 18.7 Å². The molecule has 2 aromatic heterocycles. The van der Waals surface area contributed by atoms with Crippen LogP contribution in [0, 0.1) is 0 Å². The number of thioether (sulfide) groups is 1. The zero-order chi connectivity index (χ0) is 21.8. The normalized spacial score (nSPS) is 10.9. The van der Waals surface area contributed by atoms with Crippen LogP contribution in [0.25, 0.3) is 10.2 Å². The zero-order valence-electron chi connectivity index (χ0n) is 16.8. The van der Waals surface area contributed by atoms with Gasteiger partial charge in [0.05, 0.1) is 42.5 Å². The number of rotatable bonds is 8. The maximum atomic E-state index is 13.2. The number of hydrogen-bond acceptors (Lipinski definition) is 7. The van der Waals surface area contributed by atoms with Gasteiger partial charge in [-0.1, -0.05) is 22.9 Å². The lowest BCUT2D eigenvalue weighted by Crippen LogP contribution is -2.31. The fourth-order valence-corrected chi connectivity index (χ4v) is 4.98. The van der Waals surface area contributed by atoms with Crippen LogP contribution in [0.3, 0.4) is 0 Å². The Morgan fingerprint density at radius 3 is 2.65 bits per heavy atom. The molecular formula is C22H19ClN2O4S2. The van der Waals surface area contributed by atoms with Gasteiger partial charge < -0.3 is 13.9 Å². The van der Waals surface area contributed by atoms with E-state index in [0.29, 0.717) is 27.2 Å². The van der Waals surface area contributed by atoms with E-state index < -0.39 is 0 Å². The lowest BCUT2D eigenvalue weighted by atomic mass is 10.3. The number of amides is 1. The molecule has 0 bridgehead atoms. The van der Waals surface area contributed by atoms with Crippen molar-refractivity contribution in [1.82, 2.24) is 4.98 Å². The Morgan fingerprint density at radius 2 is 1.97 bits per heavy atom. The molecule has 0 spiro atoms. The first-order chi connectivity index (χ1) is 15.1. The third-order valence-electron chi connectivity index (χ3n) is 4.51. The van der Waals surface area contributed by atoms with E-state index in [1.54, 1.807) is 43.6 Å². The number of methoxy groups -OCH3 is 2. The monoisotopic (exact) mass is 474 g/mol. The minimum atomic E-state index is -0.0913. The Kier molecular flexibility index (Phi) is 6.70. The summed E-state index contributed by atoms with van der Waals surface area (Å²) < 4.78 is 16.9. The van der Waals surface area contributed by atoms with Crippen LogP contribution >= 0.6 is 34.7 Å². The van der Waals surface area contributed by atoms with Gasteiger partial charge in [-0.2, -0.15) is 0 Å². The molecule has 0 saturated carbocycles. The predicted octanol–water partition coefficient (Wildman–Crippen LogP) is 5.89. The lowest BCUT2D eigenvalue weighted by molar-refractivity contribution is -0.116. The molecule has 0 aliphatic carbocycles. The van der Waals surface area contributed by atoms with Crippen molar-refractivity contribution in [3.05, 3.63) is 65.6 Å². The van der Waals surface area contributed by atoms with Crippen LogP contribution in [-0.4, -0.2) is 30.9 Å². The molecule has 0 unspecified atom stereocenters. The van der Waals surface area contributed by atoms with E-state index >= 15 is 0 Å². The van der Waals surface area contributed by atoms with Crippen molar-refractivity contribution in [1.29, 1.82) is 0 Å². The van der Waals surface area contributed by atoms with Crippen molar-refractivity contribution >= 4 is 56.0 Å². The molecule has 2 heterocycles. The molecule has 6 nitrogen and oxygen atoms in total. The highest BCUT2D eigenvalue weighted by atomic mass is 35.5. The number of hydrogen-bond donors (Lipinski definition) is 0. The minimum absolute atomic E-state index is 0.0913. The van der Waals surface area contributed by atoms with Gasteiger partial charge in [-0.3, -0.25) is 9.69 Å². The van der Waals surface area contributed by atoms with Gasteiger partial charge in [-0.25, -0.2) is 4.98 Å². The molecule has 4 aromatic rings. The number of furan rings is 1. The van der Waals surface area contributed by atoms with E-state index in [2.05, 4.69) is 4.98 Å². The van der Waals surface area contributed by atoms with Crippen molar-refractivity contribution in [2.45, 2.75) is 11.4 Å².